The maximum absolute atomic E-state index is 9.32. The lowest BCUT2D eigenvalue weighted by atomic mass is 9.85. The zero-order valence-corrected chi connectivity index (χ0v) is 10.8. The minimum atomic E-state index is -0.180. The van der Waals surface area contributed by atoms with E-state index in [9.17, 15) is 5.26 Å². The van der Waals surface area contributed by atoms with Gasteiger partial charge in [-0.1, -0.05) is 6.07 Å². The molecule has 0 amide bonds. The van der Waals surface area contributed by atoms with Gasteiger partial charge in [0.05, 0.1) is 5.92 Å². The van der Waals surface area contributed by atoms with Gasteiger partial charge in [0.25, 0.3) is 0 Å². The second-order valence-electron chi connectivity index (χ2n) is 4.28. The molecule has 0 radical (unpaired) electrons. The van der Waals surface area contributed by atoms with Crippen molar-refractivity contribution in [1.82, 2.24) is 0 Å². The van der Waals surface area contributed by atoms with Crippen molar-refractivity contribution >= 4 is 17.0 Å². The standard InChI is InChI=1S/C14H11N3OS/c15-6-11-13(8-3-4-19-7-8)10-2-1-9(16)5-12(10)18-14(11)17/h1-5,7,13H,16-17H2/t13-/m1/s1. The van der Waals surface area contributed by atoms with Crippen molar-refractivity contribution in [2.75, 3.05) is 5.73 Å². The highest BCUT2D eigenvalue weighted by Crippen LogP contribution is 2.43. The Hall–Kier alpha value is -2.45. The molecule has 2 aromatic rings. The Balaban J connectivity index is 2.23. The van der Waals surface area contributed by atoms with Crippen molar-refractivity contribution in [2.45, 2.75) is 5.92 Å². The van der Waals surface area contributed by atoms with Crippen LogP contribution in [0.2, 0.25) is 0 Å². The largest absolute Gasteiger partial charge is 0.440 e. The predicted molar refractivity (Wildman–Crippen MR) is 74.5 cm³/mol. The van der Waals surface area contributed by atoms with Crippen molar-refractivity contribution in [3.8, 4) is 11.8 Å². The zero-order chi connectivity index (χ0) is 13.4. The van der Waals surface area contributed by atoms with Crippen molar-refractivity contribution in [3.63, 3.8) is 0 Å². The fourth-order valence-corrected chi connectivity index (χ4v) is 2.94. The number of hydrogen-bond donors (Lipinski definition) is 2. The fourth-order valence-electron chi connectivity index (χ4n) is 2.25. The number of benzene rings is 1. The average molecular weight is 269 g/mol. The van der Waals surface area contributed by atoms with E-state index >= 15 is 0 Å². The smallest absolute Gasteiger partial charge is 0.205 e. The van der Waals surface area contributed by atoms with Gasteiger partial charge in [-0.25, -0.2) is 0 Å². The Labute approximate surface area is 114 Å². The number of nitrogens with two attached hydrogens (primary N) is 2. The topological polar surface area (TPSA) is 85.1 Å². The summed E-state index contributed by atoms with van der Waals surface area (Å²) in [6, 6.07) is 9.56. The molecule has 94 valence electrons. The van der Waals surface area contributed by atoms with Crippen molar-refractivity contribution < 1.29 is 4.74 Å². The number of nitriles is 1. The van der Waals surface area contributed by atoms with Gasteiger partial charge in [0.15, 0.2) is 0 Å². The van der Waals surface area contributed by atoms with Gasteiger partial charge < -0.3 is 16.2 Å². The van der Waals surface area contributed by atoms with Gasteiger partial charge in [0.2, 0.25) is 5.88 Å². The van der Waals surface area contributed by atoms with Gasteiger partial charge in [-0.3, -0.25) is 0 Å². The second-order valence-corrected chi connectivity index (χ2v) is 5.06. The van der Waals surface area contributed by atoms with E-state index in [0.29, 0.717) is 17.0 Å². The Morgan fingerprint density at radius 3 is 2.79 bits per heavy atom. The maximum atomic E-state index is 9.32. The van der Waals surface area contributed by atoms with E-state index in [1.165, 1.54) is 0 Å². The van der Waals surface area contributed by atoms with Gasteiger partial charge >= 0.3 is 0 Å². The third-order valence-electron chi connectivity index (χ3n) is 3.12. The summed E-state index contributed by atoms with van der Waals surface area (Å²) < 4.78 is 5.50. The van der Waals surface area contributed by atoms with Crippen LogP contribution < -0.4 is 16.2 Å². The van der Waals surface area contributed by atoms with E-state index < -0.39 is 0 Å². The number of hydrogen-bond acceptors (Lipinski definition) is 5. The molecule has 3 rings (SSSR count). The first kappa shape index (κ1) is 11.6. The van der Waals surface area contributed by atoms with E-state index in [1.807, 2.05) is 22.9 Å². The molecule has 5 heteroatoms. The molecule has 4 nitrogen and oxygen atoms in total. The number of nitrogens with zero attached hydrogens (tertiary/aromatic N) is 1. The Morgan fingerprint density at radius 2 is 2.11 bits per heavy atom. The molecule has 1 atom stereocenters. The molecular formula is C14H11N3OS. The third-order valence-corrected chi connectivity index (χ3v) is 3.82. The highest BCUT2D eigenvalue weighted by Gasteiger charge is 2.30. The average Bonchev–Trinajstić information content (AvgIpc) is 2.90. The molecule has 1 aliphatic heterocycles. The molecule has 0 unspecified atom stereocenters. The fraction of sp³-hybridized carbons (Fsp3) is 0.0714. The summed E-state index contributed by atoms with van der Waals surface area (Å²) in [7, 11) is 0. The maximum Gasteiger partial charge on any atom is 0.205 e. The van der Waals surface area contributed by atoms with Crippen LogP contribution in [-0.4, -0.2) is 0 Å². The molecule has 1 aliphatic rings. The van der Waals surface area contributed by atoms with E-state index in [1.54, 1.807) is 23.5 Å². The Morgan fingerprint density at radius 1 is 1.26 bits per heavy atom. The SMILES string of the molecule is N#CC1=C(N)Oc2cc(N)ccc2[C@H]1c1ccsc1. The van der Waals surface area contributed by atoms with Gasteiger partial charge in [-0.15, -0.1) is 0 Å². The molecule has 1 aromatic heterocycles. The molecule has 0 bridgehead atoms. The number of thiophene rings is 1. The Bertz CT molecular complexity index is 698. The lowest BCUT2D eigenvalue weighted by Gasteiger charge is -2.25. The van der Waals surface area contributed by atoms with Crippen LogP contribution in [0.4, 0.5) is 5.69 Å². The molecule has 0 saturated carbocycles. The summed E-state index contributed by atoms with van der Waals surface area (Å²) in [6.45, 7) is 0. The van der Waals surface area contributed by atoms with Crippen LogP contribution in [0.25, 0.3) is 0 Å². The highest BCUT2D eigenvalue weighted by atomic mass is 32.1. The van der Waals surface area contributed by atoms with Gasteiger partial charge in [-0.2, -0.15) is 16.6 Å². The second kappa shape index (κ2) is 4.34. The van der Waals surface area contributed by atoms with Crippen molar-refractivity contribution in [3.05, 3.63) is 57.6 Å². The van der Waals surface area contributed by atoms with Crippen molar-refractivity contribution in [1.29, 1.82) is 5.26 Å². The van der Waals surface area contributed by atoms with Crippen LogP contribution in [0.5, 0.6) is 5.75 Å². The van der Waals surface area contributed by atoms with Gasteiger partial charge in [-0.05, 0) is 28.5 Å². The van der Waals surface area contributed by atoms with E-state index in [4.69, 9.17) is 16.2 Å². The summed E-state index contributed by atoms with van der Waals surface area (Å²) >= 11 is 1.59. The van der Waals surface area contributed by atoms with E-state index in [-0.39, 0.29) is 11.8 Å². The molecule has 0 aliphatic carbocycles. The molecule has 2 heterocycles. The summed E-state index contributed by atoms with van der Waals surface area (Å²) in [4.78, 5) is 0. The third kappa shape index (κ3) is 1.83. The first-order chi connectivity index (χ1) is 9.20. The van der Waals surface area contributed by atoms with Crippen LogP contribution >= 0.6 is 11.3 Å². The monoisotopic (exact) mass is 269 g/mol. The number of ether oxygens (including phenoxy) is 1. The molecule has 4 N–H and O–H groups in total. The molecular weight excluding hydrogens is 258 g/mol. The Kier molecular flexibility index (Phi) is 2.65. The molecule has 19 heavy (non-hydrogen) atoms. The van der Waals surface area contributed by atoms with Crippen LogP contribution in [0.3, 0.4) is 0 Å². The quantitative estimate of drug-likeness (QED) is 0.779. The lowest BCUT2D eigenvalue weighted by molar-refractivity contribution is 0.394. The summed E-state index contributed by atoms with van der Waals surface area (Å²) in [5.41, 5.74) is 14.6. The minimum absolute atomic E-state index is 0.150. The minimum Gasteiger partial charge on any atom is -0.440 e. The summed E-state index contributed by atoms with van der Waals surface area (Å²) in [5.74, 6) is 0.588. The number of fused-ring (bicyclic) bond motifs is 1. The number of anilines is 1. The van der Waals surface area contributed by atoms with Gasteiger partial charge in [0, 0.05) is 17.3 Å². The normalized spacial score (nSPS) is 17.5. The molecule has 0 spiro atoms. The first-order valence-electron chi connectivity index (χ1n) is 5.70. The van der Waals surface area contributed by atoms with Crippen molar-refractivity contribution in [2.24, 2.45) is 5.73 Å². The van der Waals surface area contributed by atoms with Crippen LogP contribution in [0.1, 0.15) is 17.0 Å². The molecule has 0 saturated heterocycles. The number of rotatable bonds is 1. The van der Waals surface area contributed by atoms with Gasteiger partial charge in [0.1, 0.15) is 17.4 Å². The van der Waals surface area contributed by atoms with E-state index in [0.717, 1.165) is 11.1 Å². The molecule has 0 fully saturated rings. The van der Waals surface area contributed by atoms with E-state index in [2.05, 4.69) is 6.07 Å². The van der Waals surface area contributed by atoms with Crippen LogP contribution in [0.15, 0.2) is 46.5 Å². The predicted octanol–water partition coefficient (Wildman–Crippen LogP) is 2.55. The first-order valence-corrected chi connectivity index (χ1v) is 6.64. The summed E-state index contributed by atoms with van der Waals surface area (Å²) in [5, 5.41) is 13.3. The van der Waals surface area contributed by atoms with Crippen LogP contribution in [-0.2, 0) is 0 Å². The summed E-state index contributed by atoms with van der Waals surface area (Å²) in [6.07, 6.45) is 0. The van der Waals surface area contributed by atoms with Crippen LogP contribution in [0, 0.1) is 11.3 Å². The zero-order valence-electron chi connectivity index (χ0n) is 9.96. The lowest BCUT2D eigenvalue weighted by Crippen LogP contribution is -2.20. The molecule has 1 aromatic carbocycles. The highest BCUT2D eigenvalue weighted by molar-refractivity contribution is 7.08. The number of allylic oxidation sites excluding steroid dienone is 1. The number of nitrogen functional groups attached to an aromatic ring is 1.